The van der Waals surface area contributed by atoms with Crippen molar-refractivity contribution in [1.29, 1.82) is 0 Å². The lowest BCUT2D eigenvalue weighted by atomic mass is 10.1. The summed E-state index contributed by atoms with van der Waals surface area (Å²) in [4.78, 5) is 0. The summed E-state index contributed by atoms with van der Waals surface area (Å²) in [5.41, 5.74) is 4.31. The summed E-state index contributed by atoms with van der Waals surface area (Å²) < 4.78 is 14.8. The Morgan fingerprint density at radius 2 is 1.70 bits per heavy atom. The number of tetrazole rings is 1. The van der Waals surface area contributed by atoms with Crippen molar-refractivity contribution >= 4 is 11.8 Å². The third-order valence-electron chi connectivity index (χ3n) is 3.51. The summed E-state index contributed by atoms with van der Waals surface area (Å²) in [6, 6.07) is 12.7. The fraction of sp³-hybridized carbons (Fsp3) is 0.235. The van der Waals surface area contributed by atoms with E-state index in [1.165, 1.54) is 12.1 Å². The number of halogens is 1. The number of aromatic nitrogens is 4. The third kappa shape index (κ3) is 3.59. The van der Waals surface area contributed by atoms with Crippen LogP contribution in [-0.2, 0) is 0 Å². The Kier molecular flexibility index (Phi) is 4.43. The molecule has 0 aliphatic rings. The molecule has 0 aliphatic carbocycles. The van der Waals surface area contributed by atoms with Crippen molar-refractivity contribution in [3.8, 4) is 5.69 Å². The molecule has 0 spiro atoms. The summed E-state index contributed by atoms with van der Waals surface area (Å²) in [5.74, 6) is -0.231. The summed E-state index contributed by atoms with van der Waals surface area (Å²) >= 11 is 1.55. The van der Waals surface area contributed by atoms with Crippen molar-refractivity contribution in [3.63, 3.8) is 0 Å². The highest BCUT2D eigenvalue weighted by Gasteiger charge is 2.15. The van der Waals surface area contributed by atoms with E-state index in [1.54, 1.807) is 28.6 Å². The van der Waals surface area contributed by atoms with Gasteiger partial charge in [-0.05, 0) is 72.2 Å². The van der Waals surface area contributed by atoms with Gasteiger partial charge in [0.2, 0.25) is 5.16 Å². The van der Waals surface area contributed by atoms with Crippen LogP contribution in [0.1, 0.15) is 28.9 Å². The highest BCUT2D eigenvalue weighted by Crippen LogP contribution is 2.34. The maximum absolute atomic E-state index is 13.0. The minimum atomic E-state index is -0.231. The van der Waals surface area contributed by atoms with E-state index in [2.05, 4.69) is 54.5 Å². The van der Waals surface area contributed by atoms with Crippen LogP contribution in [0.3, 0.4) is 0 Å². The standard InChI is InChI=1S/C17H17FN4S/c1-11-8-12(2)10-16(9-11)22-17(19-20-21-22)23-13(3)14-4-6-15(18)7-5-14/h4-10,13H,1-3H3/t13-/m1/s1. The molecule has 3 aromatic rings. The molecule has 0 fully saturated rings. The van der Waals surface area contributed by atoms with Crippen LogP contribution in [-0.4, -0.2) is 20.2 Å². The summed E-state index contributed by atoms with van der Waals surface area (Å²) in [7, 11) is 0. The number of rotatable bonds is 4. The average Bonchev–Trinajstić information content (AvgIpc) is 2.95. The zero-order valence-corrected chi connectivity index (χ0v) is 14.0. The summed E-state index contributed by atoms with van der Waals surface area (Å²) in [6.45, 7) is 6.15. The second kappa shape index (κ2) is 6.50. The molecule has 3 rings (SSSR count). The second-order valence-electron chi connectivity index (χ2n) is 5.53. The molecule has 0 unspecified atom stereocenters. The van der Waals surface area contributed by atoms with Crippen LogP contribution in [0.25, 0.3) is 5.69 Å². The van der Waals surface area contributed by atoms with E-state index in [0.717, 1.165) is 22.4 Å². The van der Waals surface area contributed by atoms with E-state index in [1.807, 2.05) is 0 Å². The van der Waals surface area contributed by atoms with Crippen LogP contribution in [0.4, 0.5) is 4.39 Å². The molecule has 0 saturated carbocycles. The zero-order valence-electron chi connectivity index (χ0n) is 13.2. The first-order valence-electron chi connectivity index (χ1n) is 7.32. The lowest BCUT2D eigenvalue weighted by Gasteiger charge is -2.12. The normalized spacial score (nSPS) is 12.3. The van der Waals surface area contributed by atoms with Crippen molar-refractivity contribution in [3.05, 3.63) is 65.0 Å². The van der Waals surface area contributed by atoms with Crippen LogP contribution in [0, 0.1) is 19.7 Å². The van der Waals surface area contributed by atoms with Crippen LogP contribution in [0.15, 0.2) is 47.6 Å². The van der Waals surface area contributed by atoms with Crippen molar-refractivity contribution < 1.29 is 4.39 Å². The third-order valence-corrected chi connectivity index (χ3v) is 4.60. The van der Waals surface area contributed by atoms with Gasteiger partial charge in [0.05, 0.1) is 5.69 Å². The number of hydrogen-bond acceptors (Lipinski definition) is 4. The number of nitrogens with zero attached hydrogens (tertiary/aromatic N) is 4. The molecule has 118 valence electrons. The van der Waals surface area contributed by atoms with Crippen LogP contribution in [0.2, 0.25) is 0 Å². The Morgan fingerprint density at radius 3 is 2.35 bits per heavy atom. The first kappa shape index (κ1) is 15.7. The predicted octanol–water partition coefficient (Wildman–Crippen LogP) is 4.27. The molecule has 0 bridgehead atoms. The topological polar surface area (TPSA) is 43.6 Å². The number of hydrogen-bond donors (Lipinski definition) is 0. The van der Waals surface area contributed by atoms with E-state index < -0.39 is 0 Å². The molecule has 0 saturated heterocycles. The largest absolute Gasteiger partial charge is 0.214 e. The number of aryl methyl sites for hydroxylation is 2. The van der Waals surface area contributed by atoms with Crippen molar-refractivity contribution in [2.24, 2.45) is 0 Å². The Bertz CT molecular complexity index is 793. The summed E-state index contributed by atoms with van der Waals surface area (Å²) in [6.07, 6.45) is 0. The maximum atomic E-state index is 13.0. The SMILES string of the molecule is Cc1cc(C)cc(-n2nnnc2S[C@H](C)c2ccc(F)cc2)c1. The molecule has 23 heavy (non-hydrogen) atoms. The molecule has 2 aromatic carbocycles. The Balaban J connectivity index is 1.87. The maximum Gasteiger partial charge on any atom is 0.214 e. The minimum Gasteiger partial charge on any atom is -0.207 e. The monoisotopic (exact) mass is 328 g/mol. The molecule has 0 amide bonds. The van der Waals surface area contributed by atoms with Crippen molar-refractivity contribution in [1.82, 2.24) is 20.2 Å². The van der Waals surface area contributed by atoms with Gasteiger partial charge in [-0.2, -0.15) is 4.68 Å². The molecule has 0 aliphatic heterocycles. The molecular weight excluding hydrogens is 311 g/mol. The van der Waals surface area contributed by atoms with Gasteiger partial charge < -0.3 is 0 Å². The zero-order chi connectivity index (χ0) is 16.4. The van der Waals surface area contributed by atoms with Gasteiger partial charge in [0.15, 0.2) is 0 Å². The number of thioether (sulfide) groups is 1. The lowest BCUT2D eigenvalue weighted by Crippen LogP contribution is -2.01. The van der Waals surface area contributed by atoms with Gasteiger partial charge in [-0.1, -0.05) is 30.0 Å². The smallest absolute Gasteiger partial charge is 0.207 e. The first-order valence-corrected chi connectivity index (χ1v) is 8.20. The Labute approximate surface area is 138 Å². The molecule has 1 heterocycles. The molecule has 1 atom stereocenters. The molecule has 1 aromatic heterocycles. The van der Waals surface area contributed by atoms with Gasteiger partial charge in [0.1, 0.15) is 5.82 Å². The van der Waals surface area contributed by atoms with Gasteiger partial charge >= 0.3 is 0 Å². The van der Waals surface area contributed by atoms with E-state index in [9.17, 15) is 4.39 Å². The quantitative estimate of drug-likeness (QED) is 0.671. The van der Waals surface area contributed by atoms with Crippen LogP contribution < -0.4 is 0 Å². The van der Waals surface area contributed by atoms with Crippen LogP contribution >= 0.6 is 11.8 Å². The van der Waals surface area contributed by atoms with Gasteiger partial charge in [0, 0.05) is 5.25 Å². The van der Waals surface area contributed by atoms with Crippen molar-refractivity contribution in [2.75, 3.05) is 0 Å². The molecule has 0 N–H and O–H groups in total. The molecule has 0 radical (unpaired) electrons. The fourth-order valence-corrected chi connectivity index (χ4v) is 3.38. The first-order chi connectivity index (χ1) is 11.0. The van der Waals surface area contributed by atoms with E-state index >= 15 is 0 Å². The molecule has 6 heteroatoms. The predicted molar refractivity (Wildman–Crippen MR) is 89.3 cm³/mol. The number of benzene rings is 2. The highest BCUT2D eigenvalue weighted by atomic mass is 32.2. The highest BCUT2D eigenvalue weighted by molar-refractivity contribution is 7.99. The molecule has 4 nitrogen and oxygen atoms in total. The Hall–Kier alpha value is -2.21. The van der Waals surface area contributed by atoms with Gasteiger partial charge in [-0.3, -0.25) is 0 Å². The van der Waals surface area contributed by atoms with Gasteiger partial charge in [-0.15, -0.1) is 5.10 Å². The van der Waals surface area contributed by atoms with E-state index in [-0.39, 0.29) is 11.1 Å². The van der Waals surface area contributed by atoms with Gasteiger partial charge in [0.25, 0.3) is 0 Å². The lowest BCUT2D eigenvalue weighted by molar-refractivity contribution is 0.627. The van der Waals surface area contributed by atoms with Crippen molar-refractivity contribution in [2.45, 2.75) is 31.2 Å². The summed E-state index contributed by atoms with van der Waals surface area (Å²) in [5, 5.41) is 12.9. The van der Waals surface area contributed by atoms with E-state index in [0.29, 0.717) is 5.16 Å². The van der Waals surface area contributed by atoms with Gasteiger partial charge in [-0.25, -0.2) is 4.39 Å². The average molecular weight is 328 g/mol. The minimum absolute atomic E-state index is 0.117. The van der Waals surface area contributed by atoms with Crippen LogP contribution in [0.5, 0.6) is 0 Å². The second-order valence-corrected chi connectivity index (χ2v) is 6.84. The Morgan fingerprint density at radius 1 is 1.04 bits per heavy atom. The molecular formula is C17H17FN4S. The fourth-order valence-electron chi connectivity index (χ4n) is 2.45. The van der Waals surface area contributed by atoms with E-state index in [4.69, 9.17) is 0 Å².